The molecule has 1 unspecified atom stereocenters. The van der Waals surface area contributed by atoms with Gasteiger partial charge in [0, 0.05) is 12.1 Å². The quantitative estimate of drug-likeness (QED) is 0.728. The van der Waals surface area contributed by atoms with Crippen LogP contribution in [0.1, 0.15) is 37.4 Å². The molecule has 1 aliphatic rings. The van der Waals surface area contributed by atoms with Crippen LogP contribution in [0.4, 0.5) is 0 Å². The Morgan fingerprint density at radius 2 is 2.08 bits per heavy atom. The van der Waals surface area contributed by atoms with Gasteiger partial charge in [0.2, 0.25) is 0 Å². The second kappa shape index (κ2) is 3.51. The molecule has 0 aliphatic heterocycles. The summed E-state index contributed by atoms with van der Waals surface area (Å²) in [6.45, 7) is 4.42. The van der Waals surface area contributed by atoms with Gasteiger partial charge in [0.25, 0.3) is 0 Å². The van der Waals surface area contributed by atoms with Crippen molar-refractivity contribution in [1.29, 1.82) is 0 Å². The number of rotatable bonds is 2. The molecule has 0 fully saturated rings. The van der Waals surface area contributed by atoms with Crippen LogP contribution in [-0.2, 0) is 6.42 Å². The predicted molar refractivity (Wildman–Crippen MR) is 55.8 cm³/mol. The van der Waals surface area contributed by atoms with Gasteiger partial charge in [0.1, 0.15) is 0 Å². The van der Waals surface area contributed by atoms with Crippen LogP contribution >= 0.6 is 0 Å². The van der Waals surface area contributed by atoms with Crippen LogP contribution in [0.3, 0.4) is 0 Å². The highest BCUT2D eigenvalue weighted by Gasteiger charge is 2.21. The second-order valence-corrected chi connectivity index (χ2v) is 4.11. The first kappa shape index (κ1) is 8.76. The Balaban J connectivity index is 2.18. The largest absolute Gasteiger partial charge is 0.308 e. The molecule has 1 nitrogen and oxygen atoms in total. The first-order chi connectivity index (χ1) is 6.27. The zero-order valence-corrected chi connectivity index (χ0v) is 8.38. The molecule has 1 aromatic rings. The van der Waals surface area contributed by atoms with Gasteiger partial charge in [-0.25, -0.2) is 0 Å². The molecular weight excluding hydrogens is 158 g/mol. The fraction of sp³-hybridized carbons (Fsp3) is 0.500. The molecule has 70 valence electrons. The summed E-state index contributed by atoms with van der Waals surface area (Å²) in [5.74, 6) is 0. The van der Waals surface area contributed by atoms with Crippen molar-refractivity contribution >= 4 is 0 Å². The van der Waals surface area contributed by atoms with Gasteiger partial charge < -0.3 is 5.32 Å². The molecule has 1 N–H and O–H groups in total. The molecule has 0 radical (unpaired) electrons. The summed E-state index contributed by atoms with van der Waals surface area (Å²) in [6.07, 6.45) is 2.50. The molecule has 0 saturated heterocycles. The molecule has 13 heavy (non-hydrogen) atoms. The minimum atomic E-state index is 0.580. The van der Waals surface area contributed by atoms with Crippen molar-refractivity contribution in [2.75, 3.05) is 0 Å². The lowest BCUT2D eigenvalue weighted by Crippen LogP contribution is -2.26. The maximum absolute atomic E-state index is 3.60. The third-order valence-corrected chi connectivity index (χ3v) is 2.67. The Kier molecular flexibility index (Phi) is 2.36. The van der Waals surface area contributed by atoms with E-state index in [2.05, 4.69) is 43.4 Å². The maximum atomic E-state index is 3.60. The van der Waals surface area contributed by atoms with Gasteiger partial charge in [0.05, 0.1) is 0 Å². The fourth-order valence-corrected chi connectivity index (χ4v) is 2.13. The topological polar surface area (TPSA) is 12.0 Å². The minimum absolute atomic E-state index is 0.580. The van der Waals surface area contributed by atoms with E-state index in [-0.39, 0.29) is 0 Å². The summed E-state index contributed by atoms with van der Waals surface area (Å²) >= 11 is 0. The Hall–Kier alpha value is -0.820. The fourth-order valence-electron chi connectivity index (χ4n) is 2.13. The molecule has 0 heterocycles. The van der Waals surface area contributed by atoms with E-state index >= 15 is 0 Å². The van der Waals surface area contributed by atoms with E-state index in [4.69, 9.17) is 0 Å². The van der Waals surface area contributed by atoms with Crippen LogP contribution in [0.2, 0.25) is 0 Å². The summed E-state index contributed by atoms with van der Waals surface area (Å²) < 4.78 is 0. The summed E-state index contributed by atoms with van der Waals surface area (Å²) in [7, 11) is 0. The molecule has 0 bridgehead atoms. The van der Waals surface area contributed by atoms with E-state index in [0.29, 0.717) is 12.1 Å². The number of hydrogen-bond donors (Lipinski definition) is 1. The summed E-state index contributed by atoms with van der Waals surface area (Å²) in [4.78, 5) is 0. The summed E-state index contributed by atoms with van der Waals surface area (Å²) in [6, 6.07) is 9.95. The van der Waals surface area contributed by atoms with Crippen LogP contribution in [0.25, 0.3) is 0 Å². The Morgan fingerprint density at radius 1 is 1.31 bits per heavy atom. The highest BCUT2D eigenvalue weighted by Crippen LogP contribution is 2.30. The van der Waals surface area contributed by atoms with E-state index < -0.39 is 0 Å². The van der Waals surface area contributed by atoms with Gasteiger partial charge in [0.15, 0.2) is 0 Å². The van der Waals surface area contributed by atoms with Crippen molar-refractivity contribution in [2.45, 2.75) is 38.8 Å². The van der Waals surface area contributed by atoms with E-state index in [1.807, 2.05) is 0 Å². The van der Waals surface area contributed by atoms with Crippen LogP contribution in [0, 0.1) is 0 Å². The highest BCUT2D eigenvalue weighted by molar-refractivity contribution is 5.34. The van der Waals surface area contributed by atoms with Crippen molar-refractivity contribution in [3.05, 3.63) is 35.4 Å². The van der Waals surface area contributed by atoms with E-state index in [9.17, 15) is 0 Å². The third-order valence-electron chi connectivity index (χ3n) is 2.67. The molecule has 1 aliphatic carbocycles. The summed E-state index contributed by atoms with van der Waals surface area (Å²) in [5.41, 5.74) is 3.04. The second-order valence-electron chi connectivity index (χ2n) is 4.11. The lowest BCUT2D eigenvalue weighted by atomic mass is 10.1. The number of aryl methyl sites for hydroxylation is 1. The van der Waals surface area contributed by atoms with Crippen LogP contribution < -0.4 is 5.32 Å². The first-order valence-corrected chi connectivity index (χ1v) is 5.11. The normalized spacial score (nSPS) is 20.7. The third kappa shape index (κ3) is 1.75. The van der Waals surface area contributed by atoms with Gasteiger partial charge in [-0.3, -0.25) is 0 Å². The Labute approximate surface area is 80.2 Å². The van der Waals surface area contributed by atoms with Crippen molar-refractivity contribution in [1.82, 2.24) is 5.32 Å². The summed E-state index contributed by atoms with van der Waals surface area (Å²) in [5, 5.41) is 3.60. The first-order valence-electron chi connectivity index (χ1n) is 5.11. The van der Waals surface area contributed by atoms with Crippen LogP contribution in [-0.4, -0.2) is 6.04 Å². The number of hydrogen-bond acceptors (Lipinski definition) is 1. The molecule has 1 heteroatoms. The number of benzene rings is 1. The van der Waals surface area contributed by atoms with Gasteiger partial charge >= 0.3 is 0 Å². The van der Waals surface area contributed by atoms with Gasteiger partial charge in [-0.2, -0.15) is 0 Å². The molecule has 0 aromatic heterocycles. The lowest BCUT2D eigenvalue weighted by molar-refractivity contribution is 0.475. The molecule has 0 spiro atoms. The smallest absolute Gasteiger partial charge is 0.0328 e. The molecule has 0 amide bonds. The zero-order chi connectivity index (χ0) is 9.26. The SMILES string of the molecule is CC(C)NC1CCc2ccccc21. The highest BCUT2D eigenvalue weighted by atomic mass is 14.9. The van der Waals surface area contributed by atoms with Crippen LogP contribution in [0.5, 0.6) is 0 Å². The van der Waals surface area contributed by atoms with Gasteiger partial charge in [-0.05, 0) is 24.0 Å². The van der Waals surface area contributed by atoms with Crippen molar-refractivity contribution < 1.29 is 0 Å². The van der Waals surface area contributed by atoms with Crippen LogP contribution in [0.15, 0.2) is 24.3 Å². The molecule has 2 rings (SSSR count). The number of nitrogens with one attached hydrogen (secondary N) is 1. The van der Waals surface area contributed by atoms with Gasteiger partial charge in [-0.1, -0.05) is 38.1 Å². The number of fused-ring (bicyclic) bond motifs is 1. The van der Waals surface area contributed by atoms with Crippen molar-refractivity contribution in [2.24, 2.45) is 0 Å². The average molecular weight is 175 g/mol. The average Bonchev–Trinajstić information content (AvgIpc) is 2.48. The van der Waals surface area contributed by atoms with Crippen molar-refractivity contribution in [3.63, 3.8) is 0 Å². The molecule has 1 aromatic carbocycles. The Bertz CT molecular complexity index is 291. The monoisotopic (exact) mass is 175 g/mol. The minimum Gasteiger partial charge on any atom is -0.308 e. The van der Waals surface area contributed by atoms with E-state index in [0.717, 1.165) is 0 Å². The van der Waals surface area contributed by atoms with E-state index in [1.54, 1.807) is 0 Å². The Morgan fingerprint density at radius 3 is 2.85 bits per heavy atom. The maximum Gasteiger partial charge on any atom is 0.0328 e. The van der Waals surface area contributed by atoms with Gasteiger partial charge in [-0.15, -0.1) is 0 Å². The van der Waals surface area contributed by atoms with E-state index in [1.165, 1.54) is 24.0 Å². The molecular formula is C12H17N. The standard InChI is InChI=1S/C12H17N/c1-9(2)13-12-8-7-10-5-3-4-6-11(10)12/h3-6,9,12-13H,7-8H2,1-2H3. The molecule has 0 saturated carbocycles. The predicted octanol–water partition coefficient (Wildman–Crippen LogP) is 2.67. The zero-order valence-electron chi connectivity index (χ0n) is 8.38. The molecule has 1 atom stereocenters. The lowest BCUT2D eigenvalue weighted by Gasteiger charge is -2.16. The van der Waals surface area contributed by atoms with Crippen molar-refractivity contribution in [3.8, 4) is 0 Å².